The van der Waals surface area contributed by atoms with Crippen molar-refractivity contribution < 1.29 is 4.74 Å². The van der Waals surface area contributed by atoms with E-state index in [0.29, 0.717) is 11.0 Å². The Bertz CT molecular complexity index is 339. The number of aromatic nitrogens is 2. The minimum atomic E-state index is 0.202. The summed E-state index contributed by atoms with van der Waals surface area (Å²) >= 11 is 5.78. The lowest BCUT2D eigenvalue weighted by Gasteiger charge is -2.23. The molecule has 1 aromatic heterocycles. The van der Waals surface area contributed by atoms with Crippen molar-refractivity contribution in [1.29, 1.82) is 0 Å². The van der Waals surface area contributed by atoms with Crippen LogP contribution >= 0.6 is 11.6 Å². The normalized spacial score (nSPS) is 21.3. The summed E-state index contributed by atoms with van der Waals surface area (Å²) in [5.41, 5.74) is 0.894. The van der Waals surface area contributed by atoms with Crippen LogP contribution < -0.4 is 10.1 Å². The van der Waals surface area contributed by atoms with Crippen molar-refractivity contribution in [2.75, 3.05) is 13.1 Å². The number of rotatable bonds is 2. The van der Waals surface area contributed by atoms with E-state index in [9.17, 15) is 0 Å². The molecule has 0 radical (unpaired) electrons. The molecule has 1 saturated heterocycles. The van der Waals surface area contributed by atoms with Crippen molar-refractivity contribution in [3.63, 3.8) is 0 Å². The largest absolute Gasteiger partial charge is 0.472 e. The Morgan fingerprint density at radius 2 is 2.40 bits per heavy atom. The van der Waals surface area contributed by atoms with Crippen molar-refractivity contribution in [3.05, 3.63) is 16.8 Å². The van der Waals surface area contributed by atoms with Gasteiger partial charge < -0.3 is 10.1 Å². The van der Waals surface area contributed by atoms with Gasteiger partial charge in [-0.25, -0.2) is 0 Å². The SMILES string of the molecule is Cc1cc(OC2CCCNC2)nnc1Cl. The summed E-state index contributed by atoms with van der Waals surface area (Å²) < 4.78 is 5.70. The van der Waals surface area contributed by atoms with Crippen molar-refractivity contribution in [3.8, 4) is 5.88 Å². The molecule has 0 amide bonds. The summed E-state index contributed by atoms with van der Waals surface area (Å²) in [7, 11) is 0. The maximum Gasteiger partial charge on any atom is 0.234 e. The Labute approximate surface area is 94.0 Å². The third-order valence-electron chi connectivity index (χ3n) is 2.44. The maximum absolute atomic E-state index is 5.78. The van der Waals surface area contributed by atoms with Gasteiger partial charge in [0.15, 0.2) is 5.15 Å². The minimum absolute atomic E-state index is 0.202. The Kier molecular flexibility index (Phi) is 3.38. The molecule has 0 spiro atoms. The van der Waals surface area contributed by atoms with Crippen molar-refractivity contribution in [2.45, 2.75) is 25.9 Å². The minimum Gasteiger partial charge on any atom is -0.472 e. The Hall–Kier alpha value is -0.870. The van der Waals surface area contributed by atoms with E-state index in [1.54, 1.807) is 0 Å². The molecular weight excluding hydrogens is 214 g/mol. The zero-order valence-electron chi connectivity index (χ0n) is 8.66. The van der Waals surface area contributed by atoms with Crippen molar-refractivity contribution >= 4 is 11.6 Å². The van der Waals surface area contributed by atoms with Gasteiger partial charge in [-0.2, -0.15) is 0 Å². The molecule has 82 valence electrons. The van der Waals surface area contributed by atoms with Gasteiger partial charge in [0.05, 0.1) is 0 Å². The van der Waals surface area contributed by atoms with Gasteiger partial charge in [0.25, 0.3) is 0 Å². The quantitative estimate of drug-likeness (QED) is 0.833. The smallest absolute Gasteiger partial charge is 0.234 e. The predicted octanol–water partition coefficient (Wildman–Crippen LogP) is 1.57. The molecule has 1 aliphatic heterocycles. The molecule has 1 aromatic rings. The van der Waals surface area contributed by atoms with Crippen molar-refractivity contribution in [1.82, 2.24) is 15.5 Å². The van der Waals surface area contributed by atoms with Gasteiger partial charge in [-0.05, 0) is 31.9 Å². The van der Waals surface area contributed by atoms with Crippen LogP contribution in [0, 0.1) is 6.92 Å². The molecule has 0 aromatic carbocycles. The fourth-order valence-corrected chi connectivity index (χ4v) is 1.69. The molecular formula is C10H14ClN3O. The lowest BCUT2D eigenvalue weighted by Crippen LogP contribution is -2.37. The number of halogens is 1. The van der Waals surface area contributed by atoms with E-state index in [2.05, 4.69) is 15.5 Å². The number of hydrogen-bond acceptors (Lipinski definition) is 4. The van der Waals surface area contributed by atoms with Gasteiger partial charge in [0.2, 0.25) is 5.88 Å². The molecule has 1 aliphatic rings. The van der Waals surface area contributed by atoms with E-state index in [0.717, 1.165) is 31.5 Å². The number of piperidine rings is 1. The van der Waals surface area contributed by atoms with Crippen LogP contribution in [0.2, 0.25) is 5.15 Å². The fraction of sp³-hybridized carbons (Fsp3) is 0.600. The van der Waals surface area contributed by atoms with E-state index in [-0.39, 0.29) is 6.10 Å². The molecule has 2 heterocycles. The van der Waals surface area contributed by atoms with E-state index in [4.69, 9.17) is 16.3 Å². The first-order chi connectivity index (χ1) is 7.25. The average molecular weight is 228 g/mol. The first kappa shape index (κ1) is 10.6. The molecule has 0 saturated carbocycles. The van der Waals surface area contributed by atoms with Gasteiger partial charge in [0, 0.05) is 12.6 Å². The molecule has 1 fully saturated rings. The Balaban J connectivity index is 2.00. The highest BCUT2D eigenvalue weighted by molar-refractivity contribution is 6.30. The summed E-state index contributed by atoms with van der Waals surface area (Å²) in [5.74, 6) is 0.561. The molecule has 1 N–H and O–H groups in total. The summed E-state index contributed by atoms with van der Waals surface area (Å²) in [6, 6.07) is 1.82. The van der Waals surface area contributed by atoms with E-state index >= 15 is 0 Å². The second-order valence-corrected chi connectivity index (χ2v) is 4.10. The highest BCUT2D eigenvalue weighted by Crippen LogP contribution is 2.17. The predicted molar refractivity (Wildman–Crippen MR) is 58.3 cm³/mol. The summed E-state index contributed by atoms with van der Waals surface area (Å²) in [6.07, 6.45) is 2.41. The molecule has 1 atom stereocenters. The molecule has 5 heteroatoms. The highest BCUT2D eigenvalue weighted by Gasteiger charge is 2.15. The molecule has 1 unspecified atom stereocenters. The topological polar surface area (TPSA) is 47.0 Å². The second-order valence-electron chi connectivity index (χ2n) is 3.74. The van der Waals surface area contributed by atoms with E-state index < -0.39 is 0 Å². The Morgan fingerprint density at radius 3 is 3.07 bits per heavy atom. The Morgan fingerprint density at radius 1 is 1.53 bits per heavy atom. The number of nitrogens with zero attached hydrogens (tertiary/aromatic N) is 2. The molecule has 15 heavy (non-hydrogen) atoms. The number of hydrogen-bond donors (Lipinski definition) is 1. The first-order valence-electron chi connectivity index (χ1n) is 5.13. The van der Waals surface area contributed by atoms with Crippen molar-refractivity contribution in [2.24, 2.45) is 0 Å². The van der Waals surface area contributed by atoms with Crippen LogP contribution in [0.5, 0.6) is 5.88 Å². The van der Waals surface area contributed by atoms with Crippen LogP contribution in [0.1, 0.15) is 18.4 Å². The number of nitrogens with one attached hydrogen (secondary N) is 1. The van der Waals surface area contributed by atoms with Gasteiger partial charge in [0.1, 0.15) is 6.10 Å². The van der Waals surface area contributed by atoms with Gasteiger partial charge in [-0.1, -0.05) is 11.6 Å². The van der Waals surface area contributed by atoms with Crippen LogP contribution in [0.4, 0.5) is 0 Å². The van der Waals surface area contributed by atoms with Crippen LogP contribution in [0.3, 0.4) is 0 Å². The number of ether oxygens (including phenoxy) is 1. The zero-order chi connectivity index (χ0) is 10.7. The molecule has 2 rings (SSSR count). The molecule has 4 nitrogen and oxygen atoms in total. The lowest BCUT2D eigenvalue weighted by atomic mass is 10.1. The lowest BCUT2D eigenvalue weighted by molar-refractivity contribution is 0.159. The number of aryl methyl sites for hydroxylation is 1. The van der Waals surface area contributed by atoms with Gasteiger partial charge >= 0.3 is 0 Å². The van der Waals surface area contributed by atoms with Crippen LogP contribution in [-0.4, -0.2) is 29.4 Å². The monoisotopic (exact) mass is 227 g/mol. The van der Waals surface area contributed by atoms with Crippen LogP contribution in [0.15, 0.2) is 6.07 Å². The van der Waals surface area contributed by atoms with Crippen LogP contribution in [-0.2, 0) is 0 Å². The second kappa shape index (κ2) is 4.77. The summed E-state index contributed by atoms with van der Waals surface area (Å²) in [4.78, 5) is 0. The average Bonchev–Trinajstić information content (AvgIpc) is 2.25. The first-order valence-corrected chi connectivity index (χ1v) is 5.50. The van der Waals surface area contributed by atoms with Gasteiger partial charge in [-0.3, -0.25) is 0 Å². The standard InChI is InChI=1S/C10H14ClN3O/c1-7-5-9(13-14-10(7)11)15-8-3-2-4-12-6-8/h5,8,12H,2-4,6H2,1H3. The third-order valence-corrected chi connectivity index (χ3v) is 2.81. The molecule has 0 aliphatic carbocycles. The summed E-state index contributed by atoms with van der Waals surface area (Å²) in [5, 5.41) is 11.4. The summed E-state index contributed by atoms with van der Waals surface area (Å²) in [6.45, 7) is 3.84. The maximum atomic E-state index is 5.78. The van der Waals surface area contributed by atoms with Crippen LogP contribution in [0.25, 0.3) is 0 Å². The fourth-order valence-electron chi connectivity index (χ4n) is 1.59. The van der Waals surface area contributed by atoms with Gasteiger partial charge in [-0.15, -0.1) is 10.2 Å². The molecule has 0 bridgehead atoms. The highest BCUT2D eigenvalue weighted by atomic mass is 35.5. The third kappa shape index (κ3) is 2.79. The zero-order valence-corrected chi connectivity index (χ0v) is 9.42. The van der Waals surface area contributed by atoms with E-state index in [1.807, 2.05) is 13.0 Å². The van der Waals surface area contributed by atoms with E-state index in [1.165, 1.54) is 0 Å².